The second-order valence-electron chi connectivity index (χ2n) is 7.49. The third-order valence-corrected chi connectivity index (χ3v) is 6.80. The van der Waals surface area contributed by atoms with Crippen LogP contribution in [0, 0.1) is 0 Å². The van der Waals surface area contributed by atoms with E-state index in [1.54, 1.807) is 42.6 Å². The predicted molar refractivity (Wildman–Crippen MR) is 135 cm³/mol. The Labute approximate surface area is 205 Å². The molecule has 168 valence electrons. The van der Waals surface area contributed by atoms with Crippen LogP contribution in [-0.2, 0) is 12.8 Å². The normalized spacial score (nSPS) is 11.0. The molecule has 2 aromatic carbocycles. The number of nitrogens with one attached hydrogen (secondary N) is 1. The quantitative estimate of drug-likeness (QED) is 0.313. The molecule has 3 aromatic heterocycles. The van der Waals surface area contributed by atoms with E-state index in [4.69, 9.17) is 11.6 Å². The molecule has 5 aromatic rings. The highest BCUT2D eigenvalue weighted by Crippen LogP contribution is 2.34. The fraction of sp³-hybridized carbons (Fsp3) is 0.0800. The van der Waals surface area contributed by atoms with Crippen molar-refractivity contribution >= 4 is 45.9 Å². The fourth-order valence-corrected chi connectivity index (χ4v) is 4.91. The molecule has 3 heterocycles. The van der Waals surface area contributed by atoms with Gasteiger partial charge in [0, 0.05) is 41.0 Å². The molecular weight excluding hydrogens is 468 g/mol. The van der Waals surface area contributed by atoms with E-state index in [-0.39, 0.29) is 5.91 Å². The van der Waals surface area contributed by atoms with Crippen LogP contribution in [0.3, 0.4) is 0 Å². The Morgan fingerprint density at radius 1 is 1.06 bits per heavy atom. The number of thioether (sulfide) groups is 1. The number of hydrogen-bond acceptors (Lipinski definition) is 6. The second-order valence-corrected chi connectivity index (χ2v) is 8.86. The first-order valence-electron chi connectivity index (χ1n) is 10.5. The van der Waals surface area contributed by atoms with Gasteiger partial charge in [-0.1, -0.05) is 41.9 Å². The summed E-state index contributed by atoms with van der Waals surface area (Å²) in [6.07, 6.45) is 6.56. The van der Waals surface area contributed by atoms with Crippen LogP contribution >= 0.6 is 23.4 Å². The summed E-state index contributed by atoms with van der Waals surface area (Å²) in [5, 5.41) is 8.97. The molecule has 1 N–H and O–H groups in total. The lowest BCUT2D eigenvalue weighted by Gasteiger charge is -2.11. The first-order valence-corrected chi connectivity index (χ1v) is 11.8. The summed E-state index contributed by atoms with van der Waals surface area (Å²) in [6.45, 7) is 0. The minimum Gasteiger partial charge on any atom is -0.321 e. The van der Waals surface area contributed by atoms with E-state index in [0.717, 1.165) is 21.4 Å². The highest BCUT2D eigenvalue weighted by Gasteiger charge is 2.19. The Bertz CT molecular complexity index is 1490. The second kappa shape index (κ2) is 9.62. The molecule has 7 nitrogen and oxygen atoms in total. The van der Waals surface area contributed by atoms with Crippen LogP contribution in [0.5, 0.6) is 0 Å². The van der Waals surface area contributed by atoms with Crippen LogP contribution in [0.25, 0.3) is 22.3 Å². The third-order valence-electron chi connectivity index (χ3n) is 5.23. The molecule has 0 aliphatic rings. The zero-order valence-electron chi connectivity index (χ0n) is 18.1. The van der Waals surface area contributed by atoms with Gasteiger partial charge in [0.2, 0.25) is 0 Å². The van der Waals surface area contributed by atoms with E-state index in [0.29, 0.717) is 33.5 Å². The molecule has 0 bridgehead atoms. The SMILES string of the molecule is Cn1nc(-c2cnccn2)c(CSc2ccccc2C(=O)Nc2cnc3ccccc3c2)c1Cl. The molecule has 0 radical (unpaired) electrons. The number of aryl methyl sites for hydroxylation is 1. The van der Waals surface area contributed by atoms with Crippen molar-refractivity contribution in [3.63, 3.8) is 0 Å². The first-order chi connectivity index (χ1) is 16.6. The summed E-state index contributed by atoms with van der Waals surface area (Å²) in [4.78, 5) is 26.9. The van der Waals surface area contributed by atoms with Gasteiger partial charge in [0.1, 0.15) is 16.5 Å². The van der Waals surface area contributed by atoms with Crippen molar-refractivity contribution < 1.29 is 4.79 Å². The number of para-hydroxylation sites is 1. The number of aromatic nitrogens is 5. The van der Waals surface area contributed by atoms with Crippen LogP contribution < -0.4 is 5.32 Å². The molecule has 34 heavy (non-hydrogen) atoms. The summed E-state index contributed by atoms with van der Waals surface area (Å²) in [7, 11) is 1.79. The number of carbonyl (C=O) groups is 1. The van der Waals surface area contributed by atoms with Crippen molar-refractivity contribution in [3.8, 4) is 11.4 Å². The van der Waals surface area contributed by atoms with E-state index in [2.05, 4.69) is 25.4 Å². The number of anilines is 1. The van der Waals surface area contributed by atoms with Crippen molar-refractivity contribution in [3.05, 3.63) is 95.7 Å². The van der Waals surface area contributed by atoms with Crippen molar-refractivity contribution in [1.29, 1.82) is 0 Å². The lowest BCUT2D eigenvalue weighted by molar-refractivity contribution is 0.102. The van der Waals surface area contributed by atoms with Crippen molar-refractivity contribution in [2.75, 3.05) is 5.32 Å². The molecule has 5 rings (SSSR count). The molecule has 0 aliphatic carbocycles. The Balaban J connectivity index is 1.38. The van der Waals surface area contributed by atoms with Gasteiger partial charge in [0.25, 0.3) is 5.91 Å². The maximum atomic E-state index is 13.1. The molecule has 0 saturated carbocycles. The van der Waals surface area contributed by atoms with Gasteiger partial charge in [-0.2, -0.15) is 5.10 Å². The minimum absolute atomic E-state index is 0.202. The molecule has 0 atom stereocenters. The number of rotatable bonds is 6. The number of carbonyl (C=O) groups excluding carboxylic acids is 1. The van der Waals surface area contributed by atoms with Gasteiger partial charge in [0.15, 0.2) is 0 Å². The predicted octanol–water partition coefficient (Wildman–Crippen LogP) is 5.62. The van der Waals surface area contributed by atoms with E-state index < -0.39 is 0 Å². The van der Waals surface area contributed by atoms with Crippen LogP contribution in [0.4, 0.5) is 5.69 Å². The van der Waals surface area contributed by atoms with Gasteiger partial charge in [0.05, 0.1) is 29.2 Å². The summed E-state index contributed by atoms with van der Waals surface area (Å²) in [6, 6.07) is 17.2. The molecule has 0 aliphatic heterocycles. The molecular formula is C25H19ClN6OS. The number of hydrogen-bond donors (Lipinski definition) is 1. The average Bonchev–Trinajstić information content (AvgIpc) is 3.16. The van der Waals surface area contributed by atoms with E-state index in [9.17, 15) is 4.79 Å². The highest BCUT2D eigenvalue weighted by atomic mass is 35.5. The Hall–Kier alpha value is -3.75. The summed E-state index contributed by atoms with van der Waals surface area (Å²) in [5.41, 5.74) is 4.26. The maximum absolute atomic E-state index is 13.1. The molecule has 1 amide bonds. The van der Waals surface area contributed by atoms with Crippen LogP contribution in [0.15, 0.2) is 84.3 Å². The van der Waals surface area contributed by atoms with E-state index in [1.807, 2.05) is 48.5 Å². The first kappa shape index (κ1) is 22.1. The lowest BCUT2D eigenvalue weighted by atomic mass is 10.2. The molecule has 0 unspecified atom stereocenters. The van der Waals surface area contributed by atoms with Crippen molar-refractivity contribution in [2.45, 2.75) is 10.6 Å². The van der Waals surface area contributed by atoms with Gasteiger partial charge in [-0.3, -0.25) is 24.4 Å². The largest absolute Gasteiger partial charge is 0.321 e. The van der Waals surface area contributed by atoms with Gasteiger partial charge in [-0.05, 0) is 24.3 Å². The number of halogens is 1. The number of nitrogens with zero attached hydrogens (tertiary/aromatic N) is 5. The van der Waals surface area contributed by atoms with Crippen molar-refractivity contribution in [2.24, 2.45) is 7.05 Å². The van der Waals surface area contributed by atoms with Crippen LogP contribution in [0.2, 0.25) is 5.15 Å². The zero-order valence-corrected chi connectivity index (χ0v) is 19.7. The summed E-state index contributed by atoms with van der Waals surface area (Å²) >= 11 is 8.06. The van der Waals surface area contributed by atoms with Gasteiger partial charge < -0.3 is 5.32 Å². The van der Waals surface area contributed by atoms with Gasteiger partial charge >= 0.3 is 0 Å². The smallest absolute Gasteiger partial charge is 0.256 e. The van der Waals surface area contributed by atoms with Gasteiger partial charge in [-0.15, -0.1) is 11.8 Å². The van der Waals surface area contributed by atoms with Crippen molar-refractivity contribution in [1.82, 2.24) is 24.7 Å². The molecule has 9 heteroatoms. The third kappa shape index (κ3) is 4.50. The average molecular weight is 487 g/mol. The monoisotopic (exact) mass is 486 g/mol. The standard InChI is InChI=1S/C25H19ClN6OS/c1-32-24(26)19(23(31-32)21-14-27-10-11-28-21)15-34-22-9-5-3-7-18(22)25(33)30-17-12-16-6-2-4-8-20(16)29-13-17/h2-14H,15H2,1H3,(H,30,33). The van der Waals surface area contributed by atoms with E-state index >= 15 is 0 Å². The Morgan fingerprint density at radius 3 is 2.74 bits per heavy atom. The van der Waals surface area contributed by atoms with Crippen LogP contribution in [-0.4, -0.2) is 30.6 Å². The maximum Gasteiger partial charge on any atom is 0.256 e. The van der Waals surface area contributed by atoms with Crippen LogP contribution in [0.1, 0.15) is 15.9 Å². The summed E-state index contributed by atoms with van der Waals surface area (Å²) in [5.74, 6) is 0.312. The van der Waals surface area contributed by atoms with E-state index in [1.165, 1.54) is 11.8 Å². The number of pyridine rings is 1. The number of benzene rings is 2. The minimum atomic E-state index is -0.202. The Morgan fingerprint density at radius 2 is 1.88 bits per heavy atom. The fourth-order valence-electron chi connectivity index (χ4n) is 3.57. The number of amides is 1. The Kier molecular flexibility index (Phi) is 6.24. The molecule has 0 saturated heterocycles. The zero-order chi connectivity index (χ0) is 23.5. The topological polar surface area (TPSA) is 85.6 Å². The lowest BCUT2D eigenvalue weighted by Crippen LogP contribution is -2.13. The summed E-state index contributed by atoms with van der Waals surface area (Å²) < 4.78 is 1.62. The van der Waals surface area contributed by atoms with Gasteiger partial charge in [-0.25, -0.2) is 0 Å². The molecule has 0 fully saturated rings. The number of fused-ring (bicyclic) bond motifs is 1. The molecule has 0 spiro atoms. The highest BCUT2D eigenvalue weighted by molar-refractivity contribution is 7.98.